The average Bonchev–Trinajstić information content (AvgIpc) is 3.23. The maximum atomic E-state index is 13.3. The number of hydrogen-bond donors (Lipinski definition) is 1. The Bertz CT molecular complexity index is 1110. The fourth-order valence-corrected chi connectivity index (χ4v) is 4.23. The number of nitrogens with one attached hydrogen (secondary N) is 1. The summed E-state index contributed by atoms with van der Waals surface area (Å²) in [6.07, 6.45) is 1.03. The lowest BCUT2D eigenvalue weighted by Crippen LogP contribution is -2.29. The molecule has 1 aromatic heterocycles. The van der Waals surface area contributed by atoms with Crippen LogP contribution in [-0.2, 0) is 16.1 Å². The van der Waals surface area contributed by atoms with Crippen LogP contribution in [0.25, 0.3) is 0 Å². The van der Waals surface area contributed by atoms with Gasteiger partial charge in [0.25, 0.3) is 0 Å². The Balaban J connectivity index is 1.68. The van der Waals surface area contributed by atoms with Crippen molar-refractivity contribution in [2.24, 2.45) is 0 Å². The molecule has 1 aliphatic heterocycles. The van der Waals surface area contributed by atoms with Gasteiger partial charge in [-0.25, -0.2) is 9.48 Å². The first-order valence-electron chi connectivity index (χ1n) is 10.5. The van der Waals surface area contributed by atoms with Crippen LogP contribution >= 0.6 is 11.8 Å². The number of fused-ring (bicyclic) bond motifs is 1. The summed E-state index contributed by atoms with van der Waals surface area (Å²) in [7, 11) is 1.63. The third-order valence-electron chi connectivity index (χ3n) is 5.13. The maximum Gasteiger partial charge on any atom is 0.338 e. The molecule has 166 valence electrons. The maximum absolute atomic E-state index is 13.3. The van der Waals surface area contributed by atoms with Gasteiger partial charge in [0.1, 0.15) is 18.4 Å². The van der Waals surface area contributed by atoms with Crippen molar-refractivity contribution < 1.29 is 14.3 Å². The van der Waals surface area contributed by atoms with Gasteiger partial charge in [0, 0.05) is 11.4 Å². The van der Waals surface area contributed by atoms with E-state index in [1.807, 2.05) is 61.5 Å². The second-order valence-corrected chi connectivity index (χ2v) is 8.47. The second kappa shape index (κ2) is 9.91. The summed E-state index contributed by atoms with van der Waals surface area (Å²) in [4.78, 5) is 17.9. The average molecular weight is 451 g/mol. The molecule has 0 bridgehead atoms. The van der Waals surface area contributed by atoms with E-state index in [1.165, 1.54) is 0 Å². The highest BCUT2D eigenvalue weighted by atomic mass is 32.2. The third kappa shape index (κ3) is 4.65. The standard InChI is InChI=1S/C24H26N4O3S/c1-4-14-32-24-26-23-25-16(2)20(22(29)31-15-17-8-6-5-7-9-17)21(28(23)27-24)18-10-12-19(30-3)13-11-18/h5-13,21H,4,14-15H2,1-3H3,(H,25,26,27). The molecule has 0 aliphatic carbocycles. The van der Waals surface area contributed by atoms with E-state index in [4.69, 9.17) is 14.6 Å². The van der Waals surface area contributed by atoms with Crippen LogP contribution in [0.3, 0.4) is 0 Å². The van der Waals surface area contributed by atoms with Crippen molar-refractivity contribution in [1.82, 2.24) is 14.8 Å². The van der Waals surface area contributed by atoms with Crippen molar-refractivity contribution in [2.75, 3.05) is 18.2 Å². The zero-order valence-electron chi connectivity index (χ0n) is 18.4. The van der Waals surface area contributed by atoms with Gasteiger partial charge in [0.2, 0.25) is 11.1 Å². The van der Waals surface area contributed by atoms with E-state index >= 15 is 0 Å². The van der Waals surface area contributed by atoms with Gasteiger partial charge in [-0.1, -0.05) is 61.2 Å². The first-order valence-corrected chi connectivity index (χ1v) is 11.5. The van der Waals surface area contributed by atoms with E-state index in [1.54, 1.807) is 23.6 Å². The fraction of sp³-hybridized carbons (Fsp3) is 0.292. The highest BCUT2D eigenvalue weighted by molar-refractivity contribution is 7.99. The molecule has 7 nitrogen and oxygen atoms in total. The van der Waals surface area contributed by atoms with Crippen molar-refractivity contribution in [3.63, 3.8) is 0 Å². The summed E-state index contributed by atoms with van der Waals surface area (Å²) in [5, 5.41) is 8.63. The summed E-state index contributed by atoms with van der Waals surface area (Å²) in [5.41, 5.74) is 3.05. The molecule has 1 aliphatic rings. The molecule has 2 heterocycles. The number of thioether (sulfide) groups is 1. The number of aromatic nitrogens is 3. The van der Waals surface area contributed by atoms with E-state index in [-0.39, 0.29) is 12.6 Å². The number of benzene rings is 2. The Morgan fingerprint density at radius 2 is 1.91 bits per heavy atom. The van der Waals surface area contributed by atoms with Crippen LogP contribution in [0.4, 0.5) is 5.95 Å². The van der Waals surface area contributed by atoms with Gasteiger partial charge in [-0.15, -0.1) is 5.10 Å². The second-order valence-electron chi connectivity index (χ2n) is 7.41. The summed E-state index contributed by atoms with van der Waals surface area (Å²) in [6.45, 7) is 4.19. The number of anilines is 1. The topological polar surface area (TPSA) is 78.3 Å². The number of carbonyl (C=O) groups excluding carboxylic acids is 1. The molecule has 1 N–H and O–H groups in total. The predicted octanol–water partition coefficient (Wildman–Crippen LogP) is 4.82. The minimum Gasteiger partial charge on any atom is -0.497 e. The van der Waals surface area contributed by atoms with Crippen molar-refractivity contribution >= 4 is 23.7 Å². The van der Waals surface area contributed by atoms with E-state index in [2.05, 4.69) is 17.2 Å². The van der Waals surface area contributed by atoms with Crippen LogP contribution in [0.2, 0.25) is 0 Å². The number of methoxy groups -OCH3 is 1. The molecule has 0 saturated heterocycles. The van der Waals surface area contributed by atoms with Crippen molar-refractivity contribution in [3.8, 4) is 5.75 Å². The van der Waals surface area contributed by atoms with Crippen LogP contribution in [0.15, 0.2) is 71.0 Å². The minimum atomic E-state index is -0.455. The first kappa shape index (κ1) is 22.0. The van der Waals surface area contributed by atoms with Gasteiger partial charge in [0.05, 0.1) is 12.7 Å². The molecule has 0 fully saturated rings. The van der Waals surface area contributed by atoms with E-state index in [9.17, 15) is 4.79 Å². The van der Waals surface area contributed by atoms with Crippen molar-refractivity contribution in [1.29, 1.82) is 0 Å². The quantitative estimate of drug-likeness (QED) is 0.389. The molecule has 32 heavy (non-hydrogen) atoms. The first-order chi connectivity index (χ1) is 15.6. The smallest absolute Gasteiger partial charge is 0.338 e. The minimum absolute atomic E-state index is 0.202. The van der Waals surface area contributed by atoms with Crippen molar-refractivity contribution in [2.45, 2.75) is 38.1 Å². The number of esters is 1. The molecular formula is C24H26N4O3S. The van der Waals surface area contributed by atoms with Crippen LogP contribution in [0.1, 0.15) is 37.4 Å². The molecule has 0 amide bonds. The predicted molar refractivity (Wildman–Crippen MR) is 125 cm³/mol. The molecular weight excluding hydrogens is 424 g/mol. The number of allylic oxidation sites excluding steroid dienone is 1. The Labute approximate surface area is 191 Å². The third-order valence-corrected chi connectivity index (χ3v) is 6.18. The normalized spacial score (nSPS) is 15.2. The molecule has 8 heteroatoms. The molecule has 0 spiro atoms. The highest BCUT2D eigenvalue weighted by Gasteiger charge is 2.35. The van der Waals surface area contributed by atoms with E-state index < -0.39 is 6.04 Å². The molecule has 3 aromatic rings. The number of ether oxygens (including phenoxy) is 2. The van der Waals surface area contributed by atoms with Crippen LogP contribution in [0, 0.1) is 0 Å². The monoisotopic (exact) mass is 450 g/mol. The molecule has 4 rings (SSSR count). The highest BCUT2D eigenvalue weighted by Crippen LogP contribution is 2.37. The molecule has 0 radical (unpaired) electrons. The van der Waals surface area contributed by atoms with Gasteiger partial charge < -0.3 is 14.8 Å². The Morgan fingerprint density at radius 3 is 2.59 bits per heavy atom. The summed E-state index contributed by atoms with van der Waals surface area (Å²) in [5.74, 6) is 1.90. The van der Waals surface area contributed by atoms with Gasteiger partial charge in [-0.2, -0.15) is 4.98 Å². The summed E-state index contributed by atoms with van der Waals surface area (Å²) < 4.78 is 12.8. The van der Waals surface area contributed by atoms with Gasteiger partial charge >= 0.3 is 5.97 Å². The van der Waals surface area contributed by atoms with E-state index in [0.29, 0.717) is 22.4 Å². The molecule has 1 atom stereocenters. The zero-order chi connectivity index (χ0) is 22.5. The largest absolute Gasteiger partial charge is 0.497 e. The molecule has 1 unspecified atom stereocenters. The lowest BCUT2D eigenvalue weighted by atomic mass is 9.96. The van der Waals surface area contributed by atoms with Crippen LogP contribution < -0.4 is 10.1 Å². The van der Waals surface area contributed by atoms with Gasteiger partial charge in [-0.3, -0.25) is 0 Å². The number of carbonyl (C=O) groups is 1. The lowest BCUT2D eigenvalue weighted by Gasteiger charge is -2.28. The Morgan fingerprint density at radius 1 is 1.16 bits per heavy atom. The fourth-order valence-electron chi connectivity index (χ4n) is 3.55. The Kier molecular flexibility index (Phi) is 6.80. The van der Waals surface area contributed by atoms with Crippen molar-refractivity contribution in [3.05, 3.63) is 77.0 Å². The summed E-state index contributed by atoms with van der Waals surface area (Å²) in [6, 6.07) is 16.8. The van der Waals surface area contributed by atoms with Crippen LogP contribution in [0.5, 0.6) is 5.75 Å². The van der Waals surface area contributed by atoms with Gasteiger partial charge in [0.15, 0.2) is 0 Å². The van der Waals surface area contributed by atoms with E-state index in [0.717, 1.165) is 29.1 Å². The Hall–Kier alpha value is -3.26. The lowest BCUT2D eigenvalue weighted by molar-refractivity contribution is -0.140. The SMILES string of the molecule is CCCSc1nc2n(n1)C(c1ccc(OC)cc1)C(C(=O)OCc1ccccc1)=C(C)N2. The van der Waals surface area contributed by atoms with Gasteiger partial charge in [-0.05, 0) is 36.6 Å². The number of rotatable bonds is 8. The molecule has 2 aromatic carbocycles. The summed E-state index contributed by atoms with van der Waals surface area (Å²) >= 11 is 1.60. The molecule has 0 saturated carbocycles. The van der Waals surface area contributed by atoms with Crippen LogP contribution in [-0.4, -0.2) is 33.6 Å². The number of nitrogens with zero attached hydrogens (tertiary/aromatic N) is 3. The number of hydrogen-bond acceptors (Lipinski definition) is 7. The zero-order valence-corrected chi connectivity index (χ0v) is 19.2.